The lowest BCUT2D eigenvalue weighted by atomic mass is 10.1. The van der Waals surface area contributed by atoms with Gasteiger partial charge in [-0.1, -0.05) is 18.3 Å². The molecule has 0 aliphatic rings. The van der Waals surface area contributed by atoms with Gasteiger partial charge in [-0.15, -0.1) is 0 Å². The average molecular weight is 329 g/mol. The Morgan fingerprint density at radius 3 is 2.52 bits per heavy atom. The molecule has 7 heteroatoms. The van der Waals surface area contributed by atoms with Crippen molar-refractivity contribution in [1.82, 2.24) is 9.62 Å². The smallest absolute Gasteiger partial charge is 0.241 e. The number of nitrogens with zero attached hydrogens (tertiary/aromatic N) is 1. The van der Waals surface area contributed by atoms with E-state index in [0.29, 0.717) is 11.1 Å². The molecule has 1 aromatic rings. The Hall–Kier alpha value is -1.02. The van der Waals surface area contributed by atoms with E-state index in [0.717, 1.165) is 13.0 Å². The molecule has 118 valence electrons. The van der Waals surface area contributed by atoms with E-state index in [1.54, 1.807) is 25.1 Å². The summed E-state index contributed by atoms with van der Waals surface area (Å²) in [6.07, 6.45) is 0.746. The molecule has 3 N–H and O–H groups in total. The third-order valence-electron chi connectivity index (χ3n) is 3.11. The molecule has 1 aromatic carbocycles. The fourth-order valence-electron chi connectivity index (χ4n) is 1.94. The van der Waals surface area contributed by atoms with Crippen LogP contribution >= 0.6 is 12.2 Å². The first-order valence-electron chi connectivity index (χ1n) is 6.71. The molecule has 1 atom stereocenters. The number of rotatable bonds is 7. The lowest BCUT2D eigenvalue weighted by Gasteiger charge is -2.18. The molecule has 1 unspecified atom stereocenters. The van der Waals surface area contributed by atoms with Gasteiger partial charge in [0.1, 0.15) is 4.99 Å². The third kappa shape index (κ3) is 5.35. The first-order chi connectivity index (χ1) is 9.63. The zero-order valence-corrected chi connectivity index (χ0v) is 14.5. The summed E-state index contributed by atoms with van der Waals surface area (Å²) in [5.74, 6) is 0. The van der Waals surface area contributed by atoms with E-state index in [1.807, 2.05) is 25.9 Å². The van der Waals surface area contributed by atoms with E-state index < -0.39 is 10.0 Å². The van der Waals surface area contributed by atoms with E-state index in [1.165, 1.54) is 0 Å². The van der Waals surface area contributed by atoms with Gasteiger partial charge in [-0.3, -0.25) is 0 Å². The van der Waals surface area contributed by atoms with Crippen LogP contribution in [0.4, 0.5) is 0 Å². The monoisotopic (exact) mass is 329 g/mol. The summed E-state index contributed by atoms with van der Waals surface area (Å²) in [6, 6.07) is 4.74. The molecule has 0 fully saturated rings. The van der Waals surface area contributed by atoms with Crippen molar-refractivity contribution in [3.05, 3.63) is 29.3 Å². The van der Waals surface area contributed by atoms with E-state index in [4.69, 9.17) is 18.0 Å². The molecule has 1 rings (SSSR count). The normalized spacial score (nSPS) is 13.4. The van der Waals surface area contributed by atoms with E-state index in [-0.39, 0.29) is 15.9 Å². The van der Waals surface area contributed by atoms with E-state index in [2.05, 4.69) is 4.72 Å². The Labute approximate surface area is 132 Å². The molecule has 0 aromatic heterocycles. The number of nitrogens with one attached hydrogen (secondary N) is 1. The fourth-order valence-corrected chi connectivity index (χ4v) is 3.57. The second-order valence-electron chi connectivity index (χ2n) is 5.46. The Kier molecular flexibility index (Phi) is 6.27. The number of aryl methyl sites for hydroxylation is 1. The number of hydrogen-bond donors (Lipinski definition) is 2. The number of thiocarbonyl (C=S) groups is 1. The summed E-state index contributed by atoms with van der Waals surface area (Å²) >= 11 is 4.90. The third-order valence-corrected chi connectivity index (χ3v) is 5.10. The van der Waals surface area contributed by atoms with Crippen LogP contribution in [0.5, 0.6) is 0 Å². The second kappa shape index (κ2) is 7.31. The van der Waals surface area contributed by atoms with Crippen molar-refractivity contribution in [3.63, 3.8) is 0 Å². The minimum atomic E-state index is -3.53. The first-order valence-corrected chi connectivity index (χ1v) is 8.60. The van der Waals surface area contributed by atoms with Gasteiger partial charge in [0.15, 0.2) is 0 Å². The highest BCUT2D eigenvalue weighted by atomic mass is 32.2. The SMILES string of the molecule is Cc1cc(C(N)=S)ccc1S(=O)(=O)NC(C)CCN(C)C. The quantitative estimate of drug-likeness (QED) is 0.736. The predicted molar refractivity (Wildman–Crippen MR) is 90.0 cm³/mol. The van der Waals surface area contributed by atoms with E-state index >= 15 is 0 Å². The Morgan fingerprint density at radius 1 is 1.43 bits per heavy atom. The number of sulfonamides is 1. The molecule has 0 bridgehead atoms. The van der Waals surface area contributed by atoms with Crippen molar-refractivity contribution in [2.24, 2.45) is 5.73 Å². The highest BCUT2D eigenvalue weighted by molar-refractivity contribution is 7.89. The maximum Gasteiger partial charge on any atom is 0.241 e. The van der Waals surface area contributed by atoms with Gasteiger partial charge in [-0.05, 0) is 58.6 Å². The fraction of sp³-hybridized carbons (Fsp3) is 0.500. The molecular weight excluding hydrogens is 306 g/mol. The molecule has 0 amide bonds. The topological polar surface area (TPSA) is 75.4 Å². The molecule has 0 spiro atoms. The molecule has 0 heterocycles. The summed E-state index contributed by atoms with van der Waals surface area (Å²) in [6.45, 7) is 4.42. The summed E-state index contributed by atoms with van der Waals surface area (Å²) in [5, 5.41) is 0. The van der Waals surface area contributed by atoms with Crippen LogP contribution in [0, 0.1) is 6.92 Å². The lowest BCUT2D eigenvalue weighted by Crippen LogP contribution is -2.35. The van der Waals surface area contributed by atoms with Crippen LogP contribution in [0.15, 0.2) is 23.1 Å². The highest BCUT2D eigenvalue weighted by Gasteiger charge is 2.19. The van der Waals surface area contributed by atoms with Crippen molar-refractivity contribution in [3.8, 4) is 0 Å². The molecule has 0 aliphatic heterocycles. The largest absolute Gasteiger partial charge is 0.389 e. The molecule has 0 aliphatic carbocycles. The van der Waals surface area contributed by atoms with Crippen molar-refractivity contribution >= 4 is 27.2 Å². The maximum absolute atomic E-state index is 12.4. The van der Waals surface area contributed by atoms with Gasteiger partial charge >= 0.3 is 0 Å². The Balaban J connectivity index is 2.90. The molecule has 0 radical (unpaired) electrons. The van der Waals surface area contributed by atoms with Crippen molar-refractivity contribution < 1.29 is 8.42 Å². The van der Waals surface area contributed by atoms with Crippen LogP contribution in [0.3, 0.4) is 0 Å². The van der Waals surface area contributed by atoms with E-state index in [9.17, 15) is 8.42 Å². The number of nitrogens with two attached hydrogens (primary N) is 1. The van der Waals surface area contributed by atoms with Gasteiger partial charge < -0.3 is 10.6 Å². The average Bonchev–Trinajstić information content (AvgIpc) is 2.35. The number of benzene rings is 1. The zero-order valence-electron chi connectivity index (χ0n) is 12.9. The minimum Gasteiger partial charge on any atom is -0.389 e. The van der Waals surface area contributed by atoms with Gasteiger partial charge in [0.2, 0.25) is 10.0 Å². The van der Waals surface area contributed by atoms with Crippen molar-refractivity contribution in [2.45, 2.75) is 31.2 Å². The van der Waals surface area contributed by atoms with Gasteiger partial charge in [0, 0.05) is 11.6 Å². The van der Waals surface area contributed by atoms with Gasteiger partial charge in [-0.25, -0.2) is 13.1 Å². The summed E-state index contributed by atoms with van der Waals surface area (Å²) < 4.78 is 27.5. The lowest BCUT2D eigenvalue weighted by molar-refractivity contribution is 0.379. The van der Waals surface area contributed by atoms with Crippen molar-refractivity contribution in [1.29, 1.82) is 0 Å². The molecule has 5 nitrogen and oxygen atoms in total. The summed E-state index contributed by atoms with van der Waals surface area (Å²) in [7, 11) is 0.383. The van der Waals surface area contributed by atoms with Crippen LogP contribution in [-0.4, -0.2) is 45.0 Å². The van der Waals surface area contributed by atoms with Crippen LogP contribution < -0.4 is 10.5 Å². The Bertz CT molecular complexity index is 613. The summed E-state index contributed by atoms with van der Waals surface area (Å²) in [4.78, 5) is 2.54. The first kappa shape index (κ1) is 18.0. The van der Waals surface area contributed by atoms with Crippen LogP contribution in [0.2, 0.25) is 0 Å². The zero-order chi connectivity index (χ0) is 16.2. The summed E-state index contributed by atoms with van der Waals surface area (Å²) in [5.41, 5.74) is 6.85. The minimum absolute atomic E-state index is 0.132. The van der Waals surface area contributed by atoms with Gasteiger partial charge in [0.05, 0.1) is 4.90 Å². The predicted octanol–water partition coefficient (Wildman–Crippen LogP) is 1.25. The van der Waals surface area contributed by atoms with Crippen LogP contribution in [-0.2, 0) is 10.0 Å². The van der Waals surface area contributed by atoms with Crippen molar-refractivity contribution in [2.75, 3.05) is 20.6 Å². The van der Waals surface area contributed by atoms with Crippen LogP contribution in [0.25, 0.3) is 0 Å². The molecule has 21 heavy (non-hydrogen) atoms. The number of hydrogen-bond acceptors (Lipinski definition) is 4. The molecular formula is C14H23N3O2S2. The van der Waals surface area contributed by atoms with Gasteiger partial charge in [0.25, 0.3) is 0 Å². The second-order valence-corrected chi connectivity index (χ2v) is 7.58. The molecule has 0 saturated heterocycles. The van der Waals surface area contributed by atoms with Gasteiger partial charge in [-0.2, -0.15) is 0 Å². The standard InChI is InChI=1S/C14H23N3O2S2/c1-10-9-12(14(15)20)5-6-13(10)21(18,19)16-11(2)7-8-17(3)4/h5-6,9,11,16H,7-8H2,1-4H3,(H2,15,20). The Morgan fingerprint density at radius 2 is 2.05 bits per heavy atom. The van der Waals surface area contributed by atoms with Crippen LogP contribution in [0.1, 0.15) is 24.5 Å². The molecule has 0 saturated carbocycles. The maximum atomic E-state index is 12.4. The highest BCUT2D eigenvalue weighted by Crippen LogP contribution is 2.17.